The number of nitrogens with zero attached hydrogens (tertiary/aromatic N) is 3. The van der Waals surface area contributed by atoms with Crippen LogP contribution in [-0.2, 0) is 16.0 Å². The molecular formula is C14H23N5O2. The van der Waals surface area contributed by atoms with Crippen LogP contribution in [0.2, 0.25) is 0 Å². The van der Waals surface area contributed by atoms with Crippen LogP contribution in [0.4, 0.5) is 0 Å². The van der Waals surface area contributed by atoms with Gasteiger partial charge >= 0.3 is 0 Å². The molecule has 1 aliphatic rings. The van der Waals surface area contributed by atoms with Crippen molar-refractivity contribution in [3.05, 3.63) is 18.2 Å². The summed E-state index contributed by atoms with van der Waals surface area (Å²) in [7, 11) is 0. The Balaban J connectivity index is 1.72. The van der Waals surface area contributed by atoms with Crippen LogP contribution < -0.4 is 5.43 Å². The highest BCUT2D eigenvalue weighted by Gasteiger charge is 2.22. The molecular weight excluding hydrogens is 270 g/mol. The highest BCUT2D eigenvalue weighted by molar-refractivity contribution is 5.78. The summed E-state index contributed by atoms with van der Waals surface area (Å²) in [4.78, 5) is 32.5. The topological polar surface area (TPSA) is 81.3 Å². The fourth-order valence-corrected chi connectivity index (χ4v) is 2.32. The Morgan fingerprint density at radius 3 is 2.62 bits per heavy atom. The lowest BCUT2D eigenvalue weighted by atomic mass is 10.1. The highest BCUT2D eigenvalue weighted by Crippen LogP contribution is 2.05. The van der Waals surface area contributed by atoms with Gasteiger partial charge in [0.05, 0.1) is 12.7 Å². The first kappa shape index (κ1) is 15.5. The molecule has 0 unspecified atom stereocenters. The molecule has 0 spiro atoms. The van der Waals surface area contributed by atoms with Gasteiger partial charge in [-0.2, -0.15) is 0 Å². The molecule has 21 heavy (non-hydrogen) atoms. The average molecular weight is 293 g/mol. The van der Waals surface area contributed by atoms with Crippen LogP contribution in [0.25, 0.3) is 0 Å². The predicted molar refractivity (Wildman–Crippen MR) is 78.0 cm³/mol. The summed E-state index contributed by atoms with van der Waals surface area (Å²) in [6, 6.07) is 0. The van der Waals surface area contributed by atoms with Crippen molar-refractivity contribution >= 4 is 11.8 Å². The van der Waals surface area contributed by atoms with Crippen LogP contribution >= 0.6 is 0 Å². The summed E-state index contributed by atoms with van der Waals surface area (Å²) in [6.07, 6.45) is 4.11. The van der Waals surface area contributed by atoms with Gasteiger partial charge in [0.25, 0.3) is 0 Å². The first-order valence-electron chi connectivity index (χ1n) is 7.34. The molecule has 0 saturated carbocycles. The van der Waals surface area contributed by atoms with Gasteiger partial charge in [0.2, 0.25) is 11.8 Å². The molecule has 116 valence electrons. The SMILES string of the molecule is CC(C)CC(=O)NN1CCN(C(=O)Cc2cnc[nH]2)CC1. The molecule has 0 radical (unpaired) electrons. The quantitative estimate of drug-likeness (QED) is 0.811. The molecule has 2 amide bonds. The van der Waals surface area contributed by atoms with Crippen molar-refractivity contribution in [1.82, 2.24) is 25.3 Å². The van der Waals surface area contributed by atoms with E-state index in [1.165, 1.54) is 0 Å². The Bertz CT molecular complexity index is 464. The highest BCUT2D eigenvalue weighted by atomic mass is 16.2. The summed E-state index contributed by atoms with van der Waals surface area (Å²) in [5.74, 6) is 0.483. The van der Waals surface area contributed by atoms with E-state index in [1.54, 1.807) is 12.5 Å². The van der Waals surface area contributed by atoms with Gasteiger partial charge in [0.1, 0.15) is 0 Å². The van der Waals surface area contributed by atoms with Gasteiger partial charge in [-0.25, -0.2) is 9.99 Å². The lowest BCUT2D eigenvalue weighted by Crippen LogP contribution is -2.55. The summed E-state index contributed by atoms with van der Waals surface area (Å²) in [6.45, 7) is 6.64. The van der Waals surface area contributed by atoms with Crippen LogP contribution in [0.5, 0.6) is 0 Å². The van der Waals surface area contributed by atoms with Crippen LogP contribution in [0, 0.1) is 5.92 Å². The van der Waals surface area contributed by atoms with Crippen molar-refractivity contribution in [2.24, 2.45) is 5.92 Å². The number of imidazole rings is 1. The smallest absolute Gasteiger partial charge is 0.234 e. The van der Waals surface area contributed by atoms with Gasteiger partial charge in [-0.1, -0.05) is 13.8 Å². The van der Waals surface area contributed by atoms with Crippen molar-refractivity contribution in [2.45, 2.75) is 26.7 Å². The monoisotopic (exact) mass is 293 g/mol. The number of H-pyrrole nitrogens is 1. The average Bonchev–Trinajstić information content (AvgIpc) is 2.91. The van der Waals surface area contributed by atoms with Crippen LogP contribution in [0.1, 0.15) is 26.0 Å². The molecule has 0 atom stereocenters. The maximum absolute atomic E-state index is 12.1. The van der Waals surface area contributed by atoms with Crippen molar-refractivity contribution in [2.75, 3.05) is 26.2 Å². The van der Waals surface area contributed by atoms with E-state index in [4.69, 9.17) is 0 Å². The maximum atomic E-state index is 12.1. The zero-order valence-corrected chi connectivity index (χ0v) is 12.6. The van der Waals surface area contributed by atoms with E-state index in [-0.39, 0.29) is 11.8 Å². The molecule has 1 aromatic rings. The van der Waals surface area contributed by atoms with Gasteiger partial charge in [-0.15, -0.1) is 0 Å². The molecule has 0 aliphatic carbocycles. The summed E-state index contributed by atoms with van der Waals surface area (Å²) < 4.78 is 0. The standard InChI is InChI=1S/C14H23N5O2/c1-11(2)7-13(20)17-19-5-3-18(4-6-19)14(21)8-12-9-15-10-16-12/h9-11H,3-8H2,1-2H3,(H,15,16)(H,17,20). The lowest BCUT2D eigenvalue weighted by Gasteiger charge is -2.34. The van der Waals surface area contributed by atoms with Crippen molar-refractivity contribution in [3.8, 4) is 0 Å². The number of hydrazine groups is 1. The number of carbonyl (C=O) groups excluding carboxylic acids is 2. The van der Waals surface area contributed by atoms with E-state index in [9.17, 15) is 9.59 Å². The molecule has 0 aromatic carbocycles. The summed E-state index contributed by atoms with van der Waals surface area (Å²) in [5.41, 5.74) is 3.72. The third kappa shape index (κ3) is 4.86. The van der Waals surface area contributed by atoms with Crippen LogP contribution in [0.3, 0.4) is 0 Å². The molecule has 2 heterocycles. The normalized spacial score (nSPS) is 16.2. The molecule has 7 nitrogen and oxygen atoms in total. The largest absolute Gasteiger partial charge is 0.348 e. The number of nitrogens with one attached hydrogen (secondary N) is 2. The third-order valence-electron chi connectivity index (χ3n) is 3.41. The first-order valence-corrected chi connectivity index (χ1v) is 7.34. The van der Waals surface area contributed by atoms with Gasteiger partial charge in [0.15, 0.2) is 0 Å². The Hall–Kier alpha value is -1.89. The zero-order valence-electron chi connectivity index (χ0n) is 12.6. The molecule has 2 rings (SSSR count). The molecule has 1 fully saturated rings. The number of rotatable bonds is 5. The second kappa shape index (κ2) is 7.21. The Morgan fingerprint density at radius 2 is 2.05 bits per heavy atom. The van der Waals surface area contributed by atoms with E-state index in [1.807, 2.05) is 23.8 Å². The van der Waals surface area contributed by atoms with Crippen molar-refractivity contribution in [3.63, 3.8) is 0 Å². The van der Waals surface area contributed by atoms with Gasteiger partial charge in [-0.05, 0) is 5.92 Å². The van der Waals surface area contributed by atoms with Gasteiger partial charge < -0.3 is 9.88 Å². The number of piperazine rings is 1. The van der Waals surface area contributed by atoms with E-state index in [0.29, 0.717) is 44.9 Å². The number of hydrogen-bond acceptors (Lipinski definition) is 4. The minimum absolute atomic E-state index is 0.0437. The van der Waals surface area contributed by atoms with E-state index in [2.05, 4.69) is 15.4 Å². The van der Waals surface area contributed by atoms with Crippen LogP contribution in [-0.4, -0.2) is 57.9 Å². The number of amides is 2. The molecule has 2 N–H and O–H groups in total. The maximum Gasteiger partial charge on any atom is 0.234 e. The molecule has 7 heteroatoms. The number of hydrogen-bond donors (Lipinski definition) is 2. The minimum Gasteiger partial charge on any atom is -0.348 e. The Morgan fingerprint density at radius 1 is 1.33 bits per heavy atom. The number of aromatic amines is 1. The van der Waals surface area contributed by atoms with Crippen LogP contribution in [0.15, 0.2) is 12.5 Å². The summed E-state index contributed by atoms with van der Waals surface area (Å²) in [5, 5.41) is 1.89. The third-order valence-corrected chi connectivity index (χ3v) is 3.41. The predicted octanol–water partition coefficient (Wildman–Crippen LogP) is 0.174. The zero-order chi connectivity index (χ0) is 15.2. The van der Waals surface area contributed by atoms with E-state index < -0.39 is 0 Å². The first-order chi connectivity index (χ1) is 10.0. The van der Waals surface area contributed by atoms with Gasteiger partial charge in [-0.3, -0.25) is 15.0 Å². The van der Waals surface area contributed by atoms with Gasteiger partial charge in [0, 0.05) is 44.5 Å². The summed E-state index contributed by atoms with van der Waals surface area (Å²) >= 11 is 0. The lowest BCUT2D eigenvalue weighted by molar-refractivity contribution is -0.134. The fraction of sp³-hybridized carbons (Fsp3) is 0.643. The van der Waals surface area contributed by atoms with E-state index >= 15 is 0 Å². The Labute approximate surface area is 124 Å². The Kier molecular flexibility index (Phi) is 5.32. The van der Waals surface area contributed by atoms with E-state index in [0.717, 1.165) is 5.69 Å². The minimum atomic E-state index is 0.0437. The number of carbonyl (C=O) groups is 2. The van der Waals surface area contributed by atoms with Crippen molar-refractivity contribution in [1.29, 1.82) is 0 Å². The van der Waals surface area contributed by atoms with Crippen molar-refractivity contribution < 1.29 is 9.59 Å². The second-order valence-corrected chi connectivity index (χ2v) is 5.75. The number of aromatic nitrogens is 2. The second-order valence-electron chi connectivity index (χ2n) is 5.75. The molecule has 1 saturated heterocycles. The molecule has 1 aromatic heterocycles. The fourth-order valence-electron chi connectivity index (χ4n) is 2.32. The molecule has 0 bridgehead atoms. The molecule has 1 aliphatic heterocycles.